The number of carbonyl (C=O) groups excluding carboxylic acids is 1. The van der Waals surface area contributed by atoms with Crippen LogP contribution in [0.2, 0.25) is 17.3 Å². The molecule has 0 spiro atoms. The summed E-state index contributed by atoms with van der Waals surface area (Å²) < 4.78 is 23.4. The van der Waals surface area contributed by atoms with Crippen LogP contribution in [-0.2, 0) is 25.4 Å². The number of hydrogen-bond acceptors (Lipinski definition) is 6. The van der Waals surface area contributed by atoms with Crippen LogP contribution in [0, 0.1) is 0 Å². The van der Waals surface area contributed by atoms with Gasteiger partial charge in [-0.15, -0.1) is 22.7 Å². The van der Waals surface area contributed by atoms with Gasteiger partial charge in [-0.2, -0.15) is 0 Å². The highest BCUT2D eigenvalue weighted by Gasteiger charge is 2.13. The Morgan fingerprint density at radius 1 is 1.04 bits per heavy atom. The highest BCUT2D eigenvalue weighted by Crippen LogP contribution is 2.34. The van der Waals surface area contributed by atoms with E-state index in [0.29, 0.717) is 28.7 Å². The van der Waals surface area contributed by atoms with E-state index in [9.17, 15) is 13.2 Å². The van der Waals surface area contributed by atoms with Crippen molar-refractivity contribution in [1.29, 1.82) is 0 Å². The molecule has 0 fully saturated rings. The molecule has 0 unspecified atom stereocenters. The monoisotopic (exact) mass is 504 g/mol. The number of carbonyl (C=O) groups is 1. The van der Waals surface area contributed by atoms with Crippen molar-refractivity contribution in [3.05, 3.63) is 40.6 Å². The molecule has 0 aliphatic carbocycles. The fourth-order valence-electron chi connectivity index (χ4n) is 1.31. The standard InChI is InChI=1S/C7H6Cl2OS2.C5H3Cl3O2S2/c1-4(10)11-3-5-2-6(8)12-7(5)9;6-4-1-3(5(7)11-4)2-12(8,9)10/h2H,3H2,1H3;1H,2H2. The van der Waals surface area contributed by atoms with Crippen LogP contribution in [0.15, 0.2) is 12.1 Å². The molecule has 2 aromatic heterocycles. The van der Waals surface area contributed by atoms with Crippen molar-refractivity contribution in [3.8, 4) is 0 Å². The normalized spacial score (nSPS) is 11.1. The second-order valence-electron chi connectivity index (χ2n) is 4.16. The molecule has 12 heteroatoms. The molecule has 2 aromatic rings. The molecular formula is C12H9Cl5O3S4. The average molecular weight is 507 g/mol. The zero-order chi connectivity index (χ0) is 18.5. The van der Waals surface area contributed by atoms with Gasteiger partial charge in [0.05, 0.1) is 23.1 Å². The number of thiophene rings is 2. The maximum absolute atomic E-state index is 10.6. The number of rotatable bonds is 4. The summed E-state index contributed by atoms with van der Waals surface area (Å²) in [5.74, 6) is 0.327. The quantitative estimate of drug-likeness (QED) is 0.421. The van der Waals surface area contributed by atoms with E-state index < -0.39 is 9.05 Å². The lowest BCUT2D eigenvalue weighted by atomic mass is 10.4. The Labute approximate surface area is 176 Å². The lowest BCUT2D eigenvalue weighted by Gasteiger charge is -1.93. The minimum atomic E-state index is -3.55. The smallest absolute Gasteiger partial charge is 0.236 e. The largest absolute Gasteiger partial charge is 0.288 e. The summed E-state index contributed by atoms with van der Waals surface area (Å²) in [6.45, 7) is 1.53. The molecule has 0 bridgehead atoms. The molecule has 0 radical (unpaired) electrons. The van der Waals surface area contributed by atoms with Crippen LogP contribution >= 0.6 is 91.5 Å². The van der Waals surface area contributed by atoms with Crippen molar-refractivity contribution in [2.75, 3.05) is 0 Å². The van der Waals surface area contributed by atoms with E-state index in [1.165, 1.54) is 36.1 Å². The van der Waals surface area contributed by atoms with E-state index in [-0.39, 0.29) is 10.9 Å². The van der Waals surface area contributed by atoms with Crippen molar-refractivity contribution >= 4 is 106 Å². The van der Waals surface area contributed by atoms with Gasteiger partial charge in [-0.3, -0.25) is 4.79 Å². The zero-order valence-corrected chi connectivity index (χ0v) is 18.9. The lowest BCUT2D eigenvalue weighted by molar-refractivity contribution is -0.109. The highest BCUT2D eigenvalue weighted by molar-refractivity contribution is 8.13. The Kier molecular flexibility index (Phi) is 9.75. The molecule has 24 heavy (non-hydrogen) atoms. The average Bonchev–Trinajstić information content (AvgIpc) is 2.88. The fraction of sp³-hybridized carbons (Fsp3) is 0.250. The molecule has 2 rings (SSSR count). The molecule has 0 atom stereocenters. The maximum atomic E-state index is 10.6. The summed E-state index contributed by atoms with van der Waals surface area (Å²) in [7, 11) is 1.47. The minimum Gasteiger partial charge on any atom is -0.288 e. The van der Waals surface area contributed by atoms with Crippen LogP contribution in [0.1, 0.15) is 18.1 Å². The van der Waals surface area contributed by atoms with Crippen LogP contribution in [-0.4, -0.2) is 13.5 Å². The molecule has 2 heterocycles. The first-order chi connectivity index (χ1) is 11.0. The number of halogens is 5. The topological polar surface area (TPSA) is 51.2 Å². The third kappa shape index (κ3) is 8.96. The predicted molar refractivity (Wildman–Crippen MR) is 109 cm³/mol. The van der Waals surface area contributed by atoms with Gasteiger partial charge >= 0.3 is 0 Å². The van der Waals surface area contributed by atoms with Gasteiger partial charge in [0.2, 0.25) is 9.05 Å². The Morgan fingerprint density at radius 2 is 1.50 bits per heavy atom. The molecular weight excluding hydrogens is 498 g/mol. The maximum Gasteiger partial charge on any atom is 0.236 e. The summed E-state index contributed by atoms with van der Waals surface area (Å²) in [6, 6.07) is 3.29. The van der Waals surface area contributed by atoms with Crippen molar-refractivity contribution in [1.82, 2.24) is 0 Å². The van der Waals surface area contributed by atoms with Gasteiger partial charge in [-0.05, 0) is 23.3 Å². The molecule has 0 amide bonds. The molecule has 0 N–H and O–H groups in total. The fourth-order valence-corrected chi connectivity index (χ4v) is 6.16. The van der Waals surface area contributed by atoms with Crippen LogP contribution in [0.3, 0.4) is 0 Å². The van der Waals surface area contributed by atoms with E-state index in [4.69, 9.17) is 57.1 Å². The van der Waals surface area contributed by atoms with Crippen LogP contribution in [0.4, 0.5) is 0 Å². The van der Waals surface area contributed by atoms with Gasteiger partial charge in [-0.25, -0.2) is 8.42 Å². The van der Waals surface area contributed by atoms with Crippen molar-refractivity contribution < 1.29 is 13.2 Å². The zero-order valence-electron chi connectivity index (χ0n) is 11.8. The summed E-state index contributed by atoms with van der Waals surface area (Å²) in [4.78, 5) is 10.6. The summed E-state index contributed by atoms with van der Waals surface area (Å²) >= 11 is 26.5. The summed E-state index contributed by atoms with van der Waals surface area (Å²) in [5.41, 5.74) is 1.38. The van der Waals surface area contributed by atoms with Gasteiger partial charge in [-0.1, -0.05) is 58.2 Å². The molecule has 3 nitrogen and oxygen atoms in total. The number of thioether (sulfide) groups is 1. The third-order valence-electron chi connectivity index (χ3n) is 2.21. The Balaban J connectivity index is 0.000000240. The molecule has 134 valence electrons. The molecule has 0 aromatic carbocycles. The Hall–Kier alpha value is 0.820. The first-order valence-electron chi connectivity index (χ1n) is 5.91. The van der Waals surface area contributed by atoms with Gasteiger partial charge in [0, 0.05) is 23.4 Å². The molecule has 0 aliphatic rings. The van der Waals surface area contributed by atoms with E-state index in [2.05, 4.69) is 0 Å². The molecule has 0 aliphatic heterocycles. The van der Waals surface area contributed by atoms with E-state index in [1.807, 2.05) is 0 Å². The van der Waals surface area contributed by atoms with Gasteiger partial charge in [0.1, 0.15) is 0 Å². The lowest BCUT2D eigenvalue weighted by Crippen LogP contribution is -1.93. The van der Waals surface area contributed by atoms with Crippen molar-refractivity contribution in [2.24, 2.45) is 0 Å². The van der Waals surface area contributed by atoms with E-state index in [1.54, 1.807) is 6.07 Å². The van der Waals surface area contributed by atoms with Crippen LogP contribution < -0.4 is 0 Å². The summed E-state index contributed by atoms with van der Waals surface area (Å²) in [6.07, 6.45) is 0. The second-order valence-corrected chi connectivity index (χ2v) is 12.7. The molecule has 0 saturated carbocycles. The first-order valence-corrected chi connectivity index (χ1v) is 12.5. The van der Waals surface area contributed by atoms with Gasteiger partial charge < -0.3 is 0 Å². The second kappa shape index (κ2) is 10.2. The minimum absolute atomic E-state index is 0.0911. The SMILES string of the molecule is CC(=O)SCc1cc(Cl)sc1Cl.O=S(=O)(Cl)Cc1cc(Cl)sc1Cl. The van der Waals surface area contributed by atoms with Crippen LogP contribution in [0.5, 0.6) is 0 Å². The van der Waals surface area contributed by atoms with Gasteiger partial charge in [0.15, 0.2) is 5.12 Å². The number of hydrogen-bond donors (Lipinski definition) is 0. The molecule has 0 saturated heterocycles. The van der Waals surface area contributed by atoms with E-state index in [0.717, 1.165) is 16.9 Å². The highest BCUT2D eigenvalue weighted by atomic mass is 35.7. The van der Waals surface area contributed by atoms with Crippen molar-refractivity contribution in [3.63, 3.8) is 0 Å². The van der Waals surface area contributed by atoms with E-state index >= 15 is 0 Å². The van der Waals surface area contributed by atoms with Gasteiger partial charge in [0.25, 0.3) is 0 Å². The Morgan fingerprint density at radius 3 is 1.83 bits per heavy atom. The summed E-state index contributed by atoms with van der Waals surface area (Å²) in [5, 5.41) is 0.0911. The first kappa shape index (κ1) is 22.9. The van der Waals surface area contributed by atoms with Crippen LogP contribution in [0.25, 0.3) is 0 Å². The Bertz CT molecular complexity index is 813. The predicted octanol–water partition coefficient (Wildman–Crippen LogP) is 6.96. The third-order valence-corrected chi connectivity index (χ3v) is 7.20. The van der Waals surface area contributed by atoms with Crippen molar-refractivity contribution in [2.45, 2.75) is 18.4 Å².